The molecule has 5 nitrogen and oxygen atoms in total. The summed E-state index contributed by atoms with van der Waals surface area (Å²) in [6.07, 6.45) is 0. The van der Waals surface area contributed by atoms with E-state index in [4.69, 9.17) is 14.2 Å². The number of hydrogen-bond acceptors (Lipinski definition) is 4. The lowest BCUT2D eigenvalue weighted by Gasteiger charge is -2.15. The fraction of sp³-hybridized carbons (Fsp3) is 0.190. The fourth-order valence-corrected chi connectivity index (χ4v) is 3.36. The largest absolute Gasteiger partial charge is 0.484 e. The Morgan fingerprint density at radius 1 is 1.07 bits per heavy atom. The minimum absolute atomic E-state index is 0.0447. The molecule has 4 rings (SSSR count). The Labute approximate surface area is 165 Å². The third-order valence-electron chi connectivity index (χ3n) is 4.42. The normalized spacial score (nSPS) is 13.4. The molecule has 27 heavy (non-hydrogen) atoms. The summed E-state index contributed by atoms with van der Waals surface area (Å²) in [5.41, 5.74) is 0.948. The molecule has 3 aromatic carbocycles. The molecule has 0 spiro atoms. The highest BCUT2D eigenvalue weighted by atomic mass is 79.9. The first kappa shape index (κ1) is 17.7. The molecular weight excluding hydrogens is 410 g/mol. The van der Waals surface area contributed by atoms with Gasteiger partial charge >= 0.3 is 0 Å². The third-order valence-corrected chi connectivity index (χ3v) is 4.91. The van der Waals surface area contributed by atoms with E-state index in [0.717, 1.165) is 26.6 Å². The van der Waals surface area contributed by atoms with Gasteiger partial charge in [-0.25, -0.2) is 0 Å². The molecule has 0 radical (unpaired) electrons. The predicted molar refractivity (Wildman–Crippen MR) is 106 cm³/mol. The molecule has 6 heteroatoms. The van der Waals surface area contributed by atoms with Crippen molar-refractivity contribution in [3.05, 3.63) is 64.6 Å². The number of amides is 1. The molecule has 0 bridgehead atoms. The zero-order valence-corrected chi connectivity index (χ0v) is 16.3. The van der Waals surface area contributed by atoms with Crippen molar-refractivity contribution in [3.8, 4) is 17.2 Å². The molecule has 1 N–H and O–H groups in total. The van der Waals surface area contributed by atoms with Crippen molar-refractivity contribution in [2.45, 2.75) is 13.0 Å². The van der Waals surface area contributed by atoms with Gasteiger partial charge in [-0.1, -0.05) is 34.1 Å². The Hall–Kier alpha value is -2.73. The van der Waals surface area contributed by atoms with Gasteiger partial charge in [-0.2, -0.15) is 0 Å². The molecular formula is C21H18BrNO4. The van der Waals surface area contributed by atoms with Crippen LogP contribution >= 0.6 is 15.9 Å². The second-order valence-corrected chi connectivity index (χ2v) is 7.26. The molecule has 138 valence electrons. The summed E-state index contributed by atoms with van der Waals surface area (Å²) in [4.78, 5) is 12.2. The Balaban J connectivity index is 1.36. The summed E-state index contributed by atoms with van der Waals surface area (Å²) in [6.45, 7) is 2.11. The molecule has 1 atom stereocenters. The van der Waals surface area contributed by atoms with E-state index >= 15 is 0 Å². The SMILES string of the molecule is CC(NC(=O)COc1ccc2cc(Br)ccc2c1)c1ccc2c(c1)OCO2. The quantitative estimate of drug-likeness (QED) is 0.646. The first-order chi connectivity index (χ1) is 13.1. The highest BCUT2D eigenvalue weighted by Gasteiger charge is 2.17. The predicted octanol–water partition coefficient (Wildman–Crippen LogP) is 4.59. The molecule has 0 saturated heterocycles. The van der Waals surface area contributed by atoms with Crippen LogP contribution in [0.25, 0.3) is 10.8 Å². The van der Waals surface area contributed by atoms with Crippen molar-refractivity contribution in [1.82, 2.24) is 5.32 Å². The van der Waals surface area contributed by atoms with Crippen molar-refractivity contribution in [2.75, 3.05) is 13.4 Å². The number of carbonyl (C=O) groups is 1. The summed E-state index contributed by atoms with van der Waals surface area (Å²) in [5.74, 6) is 1.91. The number of ether oxygens (including phenoxy) is 3. The monoisotopic (exact) mass is 427 g/mol. The molecule has 0 aromatic heterocycles. The summed E-state index contributed by atoms with van der Waals surface area (Å²) in [7, 11) is 0. The maximum absolute atomic E-state index is 12.2. The Morgan fingerprint density at radius 2 is 1.85 bits per heavy atom. The van der Waals surface area contributed by atoms with E-state index < -0.39 is 0 Å². The summed E-state index contributed by atoms with van der Waals surface area (Å²) < 4.78 is 17.4. The van der Waals surface area contributed by atoms with E-state index in [9.17, 15) is 4.79 Å². The van der Waals surface area contributed by atoms with Crippen molar-refractivity contribution in [2.24, 2.45) is 0 Å². The van der Waals surface area contributed by atoms with Crippen LogP contribution < -0.4 is 19.5 Å². The molecule has 0 saturated carbocycles. The first-order valence-electron chi connectivity index (χ1n) is 8.59. The highest BCUT2D eigenvalue weighted by molar-refractivity contribution is 9.10. The standard InChI is InChI=1S/C21H18BrNO4/c1-13(14-4-7-19-20(10-14)27-12-26-19)23-21(24)11-25-18-6-3-15-8-17(22)5-2-16(15)9-18/h2-10,13H,11-12H2,1H3,(H,23,24). The minimum atomic E-state index is -0.184. The van der Waals surface area contributed by atoms with E-state index in [1.165, 1.54) is 0 Å². The van der Waals surface area contributed by atoms with E-state index in [-0.39, 0.29) is 25.3 Å². The van der Waals surface area contributed by atoms with E-state index in [0.29, 0.717) is 11.5 Å². The van der Waals surface area contributed by atoms with Gasteiger partial charge in [0.1, 0.15) is 5.75 Å². The van der Waals surface area contributed by atoms with Gasteiger partial charge in [-0.15, -0.1) is 0 Å². The number of halogens is 1. The third kappa shape index (κ3) is 4.01. The lowest BCUT2D eigenvalue weighted by atomic mass is 10.1. The van der Waals surface area contributed by atoms with Crippen molar-refractivity contribution < 1.29 is 19.0 Å². The summed E-state index contributed by atoms with van der Waals surface area (Å²) in [6, 6.07) is 17.3. The van der Waals surface area contributed by atoms with Crippen LogP contribution in [0.15, 0.2) is 59.1 Å². The Kier molecular flexibility index (Phi) is 4.90. The van der Waals surface area contributed by atoms with Gasteiger partial charge in [0.15, 0.2) is 18.1 Å². The average Bonchev–Trinajstić information content (AvgIpc) is 3.14. The lowest BCUT2D eigenvalue weighted by Crippen LogP contribution is -2.31. The molecule has 1 unspecified atom stereocenters. The first-order valence-corrected chi connectivity index (χ1v) is 9.39. The van der Waals surface area contributed by atoms with Crippen LogP contribution in [0.1, 0.15) is 18.5 Å². The van der Waals surface area contributed by atoms with E-state index in [2.05, 4.69) is 21.2 Å². The Bertz CT molecular complexity index is 1000. The van der Waals surface area contributed by atoms with Crippen molar-refractivity contribution in [3.63, 3.8) is 0 Å². The van der Waals surface area contributed by atoms with Gasteiger partial charge in [0.25, 0.3) is 5.91 Å². The molecule has 1 heterocycles. The number of fused-ring (bicyclic) bond motifs is 2. The van der Waals surface area contributed by atoms with Crippen LogP contribution in [-0.2, 0) is 4.79 Å². The van der Waals surface area contributed by atoms with Crippen LogP contribution in [-0.4, -0.2) is 19.3 Å². The summed E-state index contributed by atoms with van der Waals surface area (Å²) >= 11 is 3.46. The van der Waals surface area contributed by atoms with Gasteiger partial charge in [0.2, 0.25) is 6.79 Å². The minimum Gasteiger partial charge on any atom is -0.484 e. The Morgan fingerprint density at radius 3 is 2.74 bits per heavy atom. The molecule has 0 aliphatic carbocycles. The maximum atomic E-state index is 12.2. The number of benzene rings is 3. The van der Waals surface area contributed by atoms with Gasteiger partial charge < -0.3 is 19.5 Å². The lowest BCUT2D eigenvalue weighted by molar-refractivity contribution is -0.123. The van der Waals surface area contributed by atoms with E-state index in [1.807, 2.05) is 61.5 Å². The zero-order chi connectivity index (χ0) is 18.8. The van der Waals surface area contributed by atoms with Crippen molar-refractivity contribution >= 4 is 32.6 Å². The molecule has 1 aliphatic rings. The van der Waals surface area contributed by atoms with Gasteiger partial charge in [0, 0.05) is 4.47 Å². The number of rotatable bonds is 5. The van der Waals surface area contributed by atoms with E-state index in [1.54, 1.807) is 0 Å². The smallest absolute Gasteiger partial charge is 0.258 e. The molecule has 3 aromatic rings. The molecule has 1 aliphatic heterocycles. The molecule has 1 amide bonds. The summed E-state index contributed by atoms with van der Waals surface area (Å²) in [5, 5.41) is 5.10. The van der Waals surface area contributed by atoms with Crippen LogP contribution in [0.4, 0.5) is 0 Å². The van der Waals surface area contributed by atoms with Crippen LogP contribution in [0.2, 0.25) is 0 Å². The zero-order valence-electron chi connectivity index (χ0n) is 14.7. The average molecular weight is 428 g/mol. The van der Waals surface area contributed by atoms with Crippen molar-refractivity contribution in [1.29, 1.82) is 0 Å². The number of nitrogens with one attached hydrogen (secondary N) is 1. The fourth-order valence-electron chi connectivity index (χ4n) is 2.98. The maximum Gasteiger partial charge on any atom is 0.258 e. The number of carbonyl (C=O) groups excluding carboxylic acids is 1. The topological polar surface area (TPSA) is 56.8 Å². The number of hydrogen-bond donors (Lipinski definition) is 1. The van der Waals surface area contributed by atoms with Gasteiger partial charge in [-0.05, 0) is 59.7 Å². The van der Waals surface area contributed by atoms with Crippen LogP contribution in [0, 0.1) is 0 Å². The highest BCUT2D eigenvalue weighted by Crippen LogP contribution is 2.34. The van der Waals surface area contributed by atoms with Gasteiger partial charge in [-0.3, -0.25) is 4.79 Å². The van der Waals surface area contributed by atoms with Crippen LogP contribution in [0.5, 0.6) is 17.2 Å². The van der Waals surface area contributed by atoms with Gasteiger partial charge in [0.05, 0.1) is 6.04 Å². The molecule has 0 fully saturated rings. The second kappa shape index (κ2) is 7.48. The second-order valence-electron chi connectivity index (χ2n) is 6.34. The van der Waals surface area contributed by atoms with Crippen LogP contribution in [0.3, 0.4) is 0 Å².